The molecule has 0 fully saturated rings. The molecule has 4 aromatic rings. The summed E-state index contributed by atoms with van der Waals surface area (Å²) in [6.45, 7) is 46.5. The predicted molar refractivity (Wildman–Crippen MR) is 446 cm³/mol. The summed E-state index contributed by atoms with van der Waals surface area (Å²) >= 11 is 0. The van der Waals surface area contributed by atoms with Crippen molar-refractivity contribution in [1.29, 1.82) is 0 Å². The summed E-state index contributed by atoms with van der Waals surface area (Å²) in [6.07, 6.45) is 34.0. The summed E-state index contributed by atoms with van der Waals surface area (Å²) in [5, 5.41) is 0. The maximum absolute atomic E-state index is 11.1. The average molecular weight is 1530 g/mol. The number of allylic oxidation sites excluding steroid dienone is 3. The molecule has 0 aliphatic carbocycles. The van der Waals surface area contributed by atoms with E-state index in [2.05, 4.69) is 144 Å². The van der Waals surface area contributed by atoms with Crippen molar-refractivity contribution in [3.63, 3.8) is 0 Å². The first-order chi connectivity index (χ1) is 46.3. The van der Waals surface area contributed by atoms with Crippen LogP contribution >= 0.6 is 0 Å². The SMILES string of the molecule is C=CC(C)CCCC(C)CCCC(C)(C)c1ccc(S(=O)(=O)O)cc1.CC(C)=CCCC(C)CCCC(C)C(C)c1ccc(S(=O)(=O)O)cc1.CC(C)CCCC(C)CCCC(C)C(C)c1ccc(S(=O)(=O)O)cc1.CCC(C)CCCC(C)CCCC(C)(C)c1ccc(S(=O)(=O)[O-])cc1.[CH3+].[CH3+].[CH3+].[CH3+]. The summed E-state index contributed by atoms with van der Waals surface area (Å²) in [6, 6.07) is 26.2. The second kappa shape index (κ2) is 52.5. The molecule has 0 bridgehead atoms. The van der Waals surface area contributed by atoms with Gasteiger partial charge in [0, 0.05) is 29.7 Å². The van der Waals surface area contributed by atoms with Gasteiger partial charge in [-0.25, -0.2) is 8.42 Å². The Morgan fingerprint density at radius 1 is 0.404 bits per heavy atom. The molecular formula is C88H151O12S4+3. The summed E-state index contributed by atoms with van der Waals surface area (Å²) in [4.78, 5) is -0.274. The van der Waals surface area contributed by atoms with Gasteiger partial charge in [0.1, 0.15) is 10.1 Å². The van der Waals surface area contributed by atoms with Crippen LogP contribution in [0.15, 0.2) is 141 Å². The molecule has 0 radical (unpaired) electrons. The number of hydrogen-bond acceptors (Lipinski definition) is 9. The molecule has 104 heavy (non-hydrogen) atoms. The predicted octanol–water partition coefficient (Wildman–Crippen LogP) is 26.2. The zero-order valence-corrected chi connectivity index (χ0v) is 72.8. The lowest BCUT2D eigenvalue weighted by atomic mass is 9.79. The molecule has 0 aliphatic heterocycles. The van der Waals surface area contributed by atoms with Crippen LogP contribution in [-0.4, -0.2) is 51.9 Å². The van der Waals surface area contributed by atoms with Crippen LogP contribution in [0, 0.1) is 83.0 Å². The molecule has 0 aromatic heterocycles. The van der Waals surface area contributed by atoms with E-state index in [0.29, 0.717) is 29.6 Å². The van der Waals surface area contributed by atoms with Crippen LogP contribution in [0.1, 0.15) is 320 Å². The third kappa shape index (κ3) is 45.3. The van der Waals surface area contributed by atoms with Gasteiger partial charge in [-0.1, -0.05) is 306 Å². The summed E-state index contributed by atoms with van der Waals surface area (Å²) < 4.78 is 127. The Balaban J connectivity index is -0.000000633. The maximum Gasteiger partial charge on any atom is 0.294 e. The van der Waals surface area contributed by atoms with Gasteiger partial charge in [0.25, 0.3) is 30.4 Å². The van der Waals surface area contributed by atoms with Gasteiger partial charge in [0.15, 0.2) is 0 Å². The molecule has 3 N–H and O–H groups in total. The van der Waals surface area contributed by atoms with Gasteiger partial charge in [0.05, 0.1) is 19.6 Å². The second-order valence-electron chi connectivity index (χ2n) is 32.2. The largest absolute Gasteiger partial charge is 0.744 e. The van der Waals surface area contributed by atoms with Crippen LogP contribution in [0.25, 0.3) is 0 Å². The topological polar surface area (TPSA) is 220 Å². The summed E-state index contributed by atoms with van der Waals surface area (Å²) in [5.74, 6) is 7.15. The van der Waals surface area contributed by atoms with Gasteiger partial charge in [-0.15, -0.1) is 6.58 Å². The van der Waals surface area contributed by atoms with E-state index >= 15 is 0 Å². The van der Waals surface area contributed by atoms with E-state index in [1.165, 1.54) is 189 Å². The number of benzene rings is 4. The van der Waals surface area contributed by atoms with Crippen LogP contribution in [0.4, 0.5) is 0 Å². The van der Waals surface area contributed by atoms with Gasteiger partial charge in [-0.3, -0.25) is 13.7 Å². The first kappa shape index (κ1) is 106. The van der Waals surface area contributed by atoms with Crippen molar-refractivity contribution in [2.75, 3.05) is 0 Å². The highest BCUT2D eigenvalue weighted by Gasteiger charge is 2.24. The molecule has 0 amide bonds. The lowest BCUT2D eigenvalue weighted by molar-refractivity contribution is 0.379. The van der Waals surface area contributed by atoms with Crippen molar-refractivity contribution >= 4 is 40.5 Å². The van der Waals surface area contributed by atoms with Crippen molar-refractivity contribution in [3.05, 3.63) is 173 Å². The third-order valence-electron chi connectivity index (χ3n) is 21.2. The molecule has 596 valence electrons. The van der Waals surface area contributed by atoms with E-state index < -0.39 is 40.5 Å². The zero-order chi connectivity index (χ0) is 76.2. The standard InChI is InChI=1S/C21H36O3S.C21H34O3S.C21H36O3S.C21H34O3S.4CH3/c2*1-16(2)8-6-9-17(3)10-7-11-18(4)19(5)20-12-14-21(15-13-20)25(22,23)24;2*1-6-17(2)9-7-10-18(3)11-8-16-21(4,5)19-12-14-20(15-13-19)25(22,23)24;;;;/h12-19H,6-11H2,1-5H3,(H,22,23,24);8,12-15,17-19H,6-7,9-11H2,1-5H3,(H,22,23,24);12-15,17-18H,6-11,16H2,1-5H3,(H,22,23,24);6,12-15,17-18H,1,7-11,16H2,2-5H3,(H,22,23,24);4*1H3/q;;;;4*+1/p-1. The maximum atomic E-state index is 11.1. The molecule has 0 aliphatic rings. The number of rotatable bonds is 43. The molecule has 16 heteroatoms. The fraction of sp³-hybridized carbons (Fsp3) is 0.636. The monoisotopic (exact) mass is 1530 g/mol. The minimum atomic E-state index is -4.36. The van der Waals surface area contributed by atoms with E-state index in [-0.39, 0.29) is 60.1 Å². The van der Waals surface area contributed by atoms with Gasteiger partial charge < -0.3 is 4.55 Å². The Hall–Kier alpha value is -4.52. The smallest absolute Gasteiger partial charge is 0.294 e. The van der Waals surface area contributed by atoms with E-state index in [0.717, 1.165) is 77.0 Å². The molecule has 0 spiro atoms. The van der Waals surface area contributed by atoms with Gasteiger partial charge >= 0.3 is 0 Å². The molecule has 10 atom stereocenters. The van der Waals surface area contributed by atoms with Crippen LogP contribution in [0.3, 0.4) is 0 Å². The van der Waals surface area contributed by atoms with Crippen LogP contribution in [0.2, 0.25) is 0 Å². The second-order valence-corrected chi connectivity index (χ2v) is 37.8. The summed E-state index contributed by atoms with van der Waals surface area (Å²) in [5.41, 5.74) is 5.82. The minimum Gasteiger partial charge on any atom is -0.744 e. The highest BCUT2D eigenvalue weighted by molar-refractivity contribution is 7.86. The van der Waals surface area contributed by atoms with E-state index in [4.69, 9.17) is 13.7 Å². The zero-order valence-electron chi connectivity index (χ0n) is 69.6. The molecule has 10 unspecified atom stereocenters. The average Bonchev–Trinajstić information content (AvgIpc) is 0.898. The Kier molecular flexibility index (Phi) is 53.4. The van der Waals surface area contributed by atoms with Crippen LogP contribution < -0.4 is 0 Å². The minimum absolute atomic E-state index is 0. The van der Waals surface area contributed by atoms with Crippen molar-refractivity contribution in [1.82, 2.24) is 0 Å². The molecule has 0 saturated carbocycles. The molecule has 4 aromatic carbocycles. The lowest BCUT2D eigenvalue weighted by Crippen LogP contribution is -2.17. The number of hydrogen-bond donors (Lipinski definition) is 3. The molecular weight excluding hydrogens is 1380 g/mol. The lowest BCUT2D eigenvalue weighted by Gasteiger charge is -2.26. The fourth-order valence-electron chi connectivity index (χ4n) is 12.9. The highest BCUT2D eigenvalue weighted by Crippen LogP contribution is 2.35. The molecule has 0 heterocycles. The molecule has 0 saturated heterocycles. The van der Waals surface area contributed by atoms with E-state index in [1.807, 2.05) is 42.5 Å². The van der Waals surface area contributed by atoms with E-state index in [1.54, 1.807) is 12.1 Å². The Labute approximate surface area is 642 Å². The Bertz CT molecular complexity index is 3370. The van der Waals surface area contributed by atoms with Crippen LogP contribution in [0.5, 0.6) is 0 Å². The third-order valence-corrected chi connectivity index (χ3v) is 24.7. The van der Waals surface area contributed by atoms with Crippen molar-refractivity contribution in [2.45, 2.75) is 328 Å². The highest BCUT2D eigenvalue weighted by atomic mass is 32.2. The quantitative estimate of drug-likeness (QED) is 0.0214. The van der Waals surface area contributed by atoms with Crippen LogP contribution in [-0.2, 0) is 51.3 Å². The van der Waals surface area contributed by atoms with Gasteiger partial charge in [0.2, 0.25) is 0 Å². The van der Waals surface area contributed by atoms with Crippen molar-refractivity contribution in [2.24, 2.45) is 53.3 Å². The first-order valence-corrected chi connectivity index (χ1v) is 43.6. The Morgan fingerprint density at radius 3 is 0.981 bits per heavy atom. The van der Waals surface area contributed by atoms with Gasteiger partial charge in [-0.05, 0) is 193 Å². The van der Waals surface area contributed by atoms with Crippen molar-refractivity contribution in [3.8, 4) is 0 Å². The molecule has 12 nitrogen and oxygen atoms in total. The normalized spacial score (nSPS) is 14.8. The Morgan fingerprint density at radius 2 is 0.683 bits per heavy atom. The van der Waals surface area contributed by atoms with E-state index in [9.17, 15) is 38.2 Å². The summed E-state index contributed by atoms with van der Waals surface area (Å²) in [7, 11) is -16.7. The first-order valence-electron chi connectivity index (χ1n) is 37.9. The van der Waals surface area contributed by atoms with Gasteiger partial charge in [-0.2, -0.15) is 25.3 Å². The van der Waals surface area contributed by atoms with Crippen molar-refractivity contribution < 1.29 is 51.9 Å². The molecule has 4 rings (SSSR count). The fourth-order valence-corrected chi connectivity index (χ4v) is 14.8.